The Morgan fingerprint density at radius 2 is 1.80 bits per heavy atom. The molecule has 4 atom stereocenters. The van der Waals surface area contributed by atoms with Crippen molar-refractivity contribution in [3.63, 3.8) is 0 Å². The number of hydrogen-bond acceptors (Lipinski definition) is 3. The molecule has 0 aliphatic carbocycles. The van der Waals surface area contributed by atoms with Crippen LogP contribution in [0, 0.1) is 5.92 Å². The van der Waals surface area contributed by atoms with Crippen molar-refractivity contribution in [1.29, 1.82) is 0 Å². The first-order chi connectivity index (χ1) is 9.45. The molecule has 0 aromatic carbocycles. The molecule has 2 rings (SSSR count). The fourth-order valence-electron chi connectivity index (χ4n) is 3.43. The van der Waals surface area contributed by atoms with Crippen LogP contribution in [0.3, 0.4) is 0 Å². The standard InChI is InChI=1S/C17H30N2S/c1-7-8-9-16-14(4)19(6)17(20-16)15-10-12(2)18(5)13(3)11-15/h8-9,12-13,15,17H,7,10-11H2,1-6H3/b9-8-/t12-,13?,15?,17?/m0/s1. The maximum absolute atomic E-state index is 2.54. The summed E-state index contributed by atoms with van der Waals surface area (Å²) in [5.74, 6) is 0.800. The lowest BCUT2D eigenvalue weighted by Gasteiger charge is -2.43. The van der Waals surface area contributed by atoms with E-state index in [1.165, 1.54) is 23.4 Å². The highest BCUT2D eigenvalue weighted by Gasteiger charge is 2.38. The van der Waals surface area contributed by atoms with Crippen LogP contribution in [0.1, 0.15) is 47.0 Å². The SMILES string of the molecule is CC/C=C\C1=C(C)N(C)C(C2CC(C)N(C)[C@@H](C)C2)S1. The second-order valence-corrected chi connectivity index (χ2v) is 7.63. The van der Waals surface area contributed by atoms with E-state index in [9.17, 15) is 0 Å². The van der Waals surface area contributed by atoms with E-state index in [1.54, 1.807) is 0 Å². The second-order valence-electron chi connectivity index (χ2n) is 6.47. The van der Waals surface area contributed by atoms with Crippen LogP contribution >= 0.6 is 11.8 Å². The van der Waals surface area contributed by atoms with Gasteiger partial charge in [0.05, 0.1) is 5.37 Å². The number of nitrogens with zero attached hydrogens (tertiary/aromatic N) is 2. The van der Waals surface area contributed by atoms with Crippen LogP contribution < -0.4 is 0 Å². The van der Waals surface area contributed by atoms with Gasteiger partial charge in [0.25, 0.3) is 0 Å². The first kappa shape index (κ1) is 16.0. The van der Waals surface area contributed by atoms with Crippen LogP contribution in [0.2, 0.25) is 0 Å². The molecule has 1 fully saturated rings. The Labute approximate surface area is 129 Å². The zero-order chi connectivity index (χ0) is 14.9. The number of allylic oxidation sites excluding steroid dienone is 3. The zero-order valence-corrected chi connectivity index (χ0v) is 14.7. The molecule has 0 amide bonds. The Morgan fingerprint density at radius 3 is 2.35 bits per heavy atom. The molecule has 114 valence electrons. The molecule has 0 saturated carbocycles. The van der Waals surface area contributed by atoms with Gasteiger partial charge < -0.3 is 9.80 Å². The number of likely N-dealkylation sites (tertiary alicyclic amines) is 1. The largest absolute Gasteiger partial charge is 0.365 e. The molecule has 0 spiro atoms. The van der Waals surface area contributed by atoms with Gasteiger partial charge >= 0.3 is 0 Å². The topological polar surface area (TPSA) is 6.48 Å². The molecule has 2 nitrogen and oxygen atoms in total. The van der Waals surface area contributed by atoms with Crippen molar-refractivity contribution < 1.29 is 0 Å². The normalized spacial score (nSPS) is 36.4. The number of hydrogen-bond donors (Lipinski definition) is 0. The smallest absolute Gasteiger partial charge is 0.0820 e. The summed E-state index contributed by atoms with van der Waals surface area (Å²) < 4.78 is 0. The maximum Gasteiger partial charge on any atom is 0.0820 e. The molecular formula is C17H30N2S. The van der Waals surface area contributed by atoms with Crippen LogP contribution in [-0.2, 0) is 0 Å². The van der Waals surface area contributed by atoms with Crippen LogP contribution in [0.25, 0.3) is 0 Å². The molecule has 3 heteroatoms. The van der Waals surface area contributed by atoms with Gasteiger partial charge in [0.1, 0.15) is 0 Å². The van der Waals surface area contributed by atoms with Crippen molar-refractivity contribution in [2.24, 2.45) is 5.92 Å². The first-order valence-corrected chi connectivity index (χ1v) is 8.82. The predicted octanol–water partition coefficient (Wildman–Crippen LogP) is 4.31. The Bertz CT molecular complexity index is 390. The van der Waals surface area contributed by atoms with Gasteiger partial charge in [-0.3, -0.25) is 0 Å². The lowest BCUT2D eigenvalue weighted by Crippen LogP contribution is -2.47. The monoisotopic (exact) mass is 294 g/mol. The van der Waals surface area contributed by atoms with E-state index < -0.39 is 0 Å². The number of rotatable bonds is 3. The summed E-state index contributed by atoms with van der Waals surface area (Å²) in [4.78, 5) is 6.52. The van der Waals surface area contributed by atoms with Crippen LogP contribution in [-0.4, -0.2) is 41.4 Å². The Hall–Kier alpha value is -0.410. The van der Waals surface area contributed by atoms with Crippen molar-refractivity contribution >= 4 is 11.8 Å². The minimum Gasteiger partial charge on any atom is -0.365 e. The molecule has 2 aliphatic rings. The molecule has 2 heterocycles. The van der Waals surface area contributed by atoms with Gasteiger partial charge in [0.2, 0.25) is 0 Å². The summed E-state index contributed by atoms with van der Waals surface area (Å²) >= 11 is 2.08. The first-order valence-electron chi connectivity index (χ1n) is 7.94. The average molecular weight is 295 g/mol. The van der Waals surface area contributed by atoms with E-state index in [4.69, 9.17) is 0 Å². The molecule has 0 aromatic rings. The van der Waals surface area contributed by atoms with E-state index in [1.807, 2.05) is 0 Å². The minimum absolute atomic E-state index is 0.630. The molecule has 3 unspecified atom stereocenters. The molecule has 0 N–H and O–H groups in total. The average Bonchev–Trinajstić information content (AvgIpc) is 2.70. The number of thioether (sulfide) groups is 1. The van der Waals surface area contributed by atoms with Crippen molar-refractivity contribution in [3.8, 4) is 0 Å². The fraction of sp³-hybridized carbons (Fsp3) is 0.765. The van der Waals surface area contributed by atoms with Crippen LogP contribution in [0.15, 0.2) is 22.8 Å². The third-order valence-electron chi connectivity index (χ3n) is 5.10. The summed E-state index contributed by atoms with van der Waals surface area (Å²) in [6.45, 7) is 9.22. The van der Waals surface area contributed by atoms with E-state index in [0.29, 0.717) is 17.5 Å². The molecule has 20 heavy (non-hydrogen) atoms. The molecule has 2 aliphatic heterocycles. The van der Waals surface area contributed by atoms with Crippen LogP contribution in [0.4, 0.5) is 0 Å². The van der Waals surface area contributed by atoms with Crippen molar-refractivity contribution in [3.05, 3.63) is 22.8 Å². The third kappa shape index (κ3) is 3.09. The van der Waals surface area contributed by atoms with E-state index in [0.717, 1.165) is 12.3 Å². The zero-order valence-electron chi connectivity index (χ0n) is 13.9. The number of piperidine rings is 1. The summed E-state index contributed by atoms with van der Waals surface area (Å²) in [5.41, 5.74) is 1.45. The lowest BCUT2D eigenvalue weighted by atomic mass is 9.87. The van der Waals surface area contributed by atoms with Gasteiger partial charge in [-0.1, -0.05) is 30.8 Å². The Morgan fingerprint density at radius 1 is 1.20 bits per heavy atom. The quantitative estimate of drug-likeness (QED) is 0.766. The highest BCUT2D eigenvalue weighted by molar-refractivity contribution is 8.04. The fourth-order valence-corrected chi connectivity index (χ4v) is 4.91. The van der Waals surface area contributed by atoms with Gasteiger partial charge in [0, 0.05) is 29.7 Å². The van der Waals surface area contributed by atoms with Crippen molar-refractivity contribution in [2.75, 3.05) is 14.1 Å². The van der Waals surface area contributed by atoms with Gasteiger partial charge in [-0.2, -0.15) is 0 Å². The molecule has 1 saturated heterocycles. The second kappa shape index (κ2) is 6.57. The van der Waals surface area contributed by atoms with Crippen LogP contribution in [0.5, 0.6) is 0 Å². The van der Waals surface area contributed by atoms with E-state index >= 15 is 0 Å². The van der Waals surface area contributed by atoms with Gasteiger partial charge in [-0.25, -0.2) is 0 Å². The maximum atomic E-state index is 2.54. The Kier molecular flexibility index (Phi) is 5.25. The minimum atomic E-state index is 0.630. The summed E-state index contributed by atoms with van der Waals surface area (Å²) in [6, 6.07) is 1.40. The lowest BCUT2D eigenvalue weighted by molar-refractivity contribution is 0.0809. The highest BCUT2D eigenvalue weighted by atomic mass is 32.2. The predicted molar refractivity (Wildman–Crippen MR) is 90.7 cm³/mol. The summed E-state index contributed by atoms with van der Waals surface area (Å²) in [6.07, 6.45) is 8.36. The molecule has 0 bridgehead atoms. The summed E-state index contributed by atoms with van der Waals surface area (Å²) in [5, 5.41) is 0.630. The van der Waals surface area contributed by atoms with Gasteiger partial charge in [-0.15, -0.1) is 0 Å². The van der Waals surface area contributed by atoms with E-state index in [2.05, 4.69) is 75.5 Å². The summed E-state index contributed by atoms with van der Waals surface area (Å²) in [7, 11) is 4.55. The highest BCUT2D eigenvalue weighted by Crippen LogP contribution is 2.45. The molecular weight excluding hydrogens is 264 g/mol. The third-order valence-corrected chi connectivity index (χ3v) is 6.73. The van der Waals surface area contributed by atoms with Gasteiger partial charge in [0.15, 0.2) is 0 Å². The van der Waals surface area contributed by atoms with Crippen molar-refractivity contribution in [2.45, 2.75) is 64.4 Å². The van der Waals surface area contributed by atoms with E-state index in [-0.39, 0.29) is 0 Å². The van der Waals surface area contributed by atoms with Crippen molar-refractivity contribution in [1.82, 2.24) is 9.80 Å². The van der Waals surface area contributed by atoms with Gasteiger partial charge in [-0.05, 0) is 53.0 Å². The molecule has 0 aromatic heterocycles. The molecule has 0 radical (unpaired) electrons. The Balaban J connectivity index is 2.07.